The SMILES string of the molecule is CCC(=O)C(=O)N(C1CCCCCC1)[C@@H]1C=C(C(=O)NCCO)[C@@H]2c3ccccc3O[C@@H]2[C@H]1O. The topological polar surface area (TPSA) is 116 Å². The number of rotatable bonds is 7. The molecule has 0 saturated heterocycles. The van der Waals surface area contributed by atoms with E-state index in [0.717, 1.165) is 44.1 Å². The summed E-state index contributed by atoms with van der Waals surface area (Å²) in [6.45, 7) is 1.53. The van der Waals surface area contributed by atoms with Crippen molar-refractivity contribution in [2.24, 2.45) is 0 Å². The maximum atomic E-state index is 13.4. The Balaban J connectivity index is 1.78. The van der Waals surface area contributed by atoms with Crippen molar-refractivity contribution in [1.29, 1.82) is 0 Å². The number of hydrogen-bond donors (Lipinski definition) is 3. The van der Waals surface area contributed by atoms with Crippen LogP contribution in [0.3, 0.4) is 0 Å². The Hall–Kier alpha value is -2.71. The van der Waals surface area contributed by atoms with Crippen LogP contribution < -0.4 is 10.1 Å². The Morgan fingerprint density at radius 2 is 1.82 bits per heavy atom. The summed E-state index contributed by atoms with van der Waals surface area (Å²) in [5.41, 5.74) is 1.18. The zero-order valence-corrected chi connectivity index (χ0v) is 19.6. The van der Waals surface area contributed by atoms with Crippen LogP contribution in [-0.2, 0) is 14.4 Å². The fraction of sp³-hybridized carbons (Fsp3) is 0.577. The van der Waals surface area contributed by atoms with Crippen LogP contribution in [0, 0.1) is 0 Å². The number of Topliss-reactive ketones (excluding diaryl/α,β-unsaturated/α-hetero) is 1. The van der Waals surface area contributed by atoms with Crippen LogP contribution >= 0.6 is 0 Å². The first kappa shape index (κ1) is 24.4. The van der Waals surface area contributed by atoms with Crippen molar-refractivity contribution < 1.29 is 29.3 Å². The molecule has 184 valence electrons. The zero-order chi connectivity index (χ0) is 24.2. The van der Waals surface area contributed by atoms with Gasteiger partial charge in [-0.1, -0.05) is 50.8 Å². The van der Waals surface area contributed by atoms with Gasteiger partial charge in [-0.05, 0) is 25.0 Å². The summed E-state index contributed by atoms with van der Waals surface area (Å²) in [5.74, 6) is -1.41. The molecule has 1 aliphatic heterocycles. The van der Waals surface area contributed by atoms with Gasteiger partial charge in [0.2, 0.25) is 11.7 Å². The number of para-hydroxylation sites is 1. The minimum absolute atomic E-state index is 0.0758. The Bertz CT molecular complexity index is 952. The van der Waals surface area contributed by atoms with E-state index in [1.54, 1.807) is 19.1 Å². The molecule has 8 heteroatoms. The first-order valence-corrected chi connectivity index (χ1v) is 12.4. The third kappa shape index (κ3) is 4.61. The van der Waals surface area contributed by atoms with E-state index in [4.69, 9.17) is 4.74 Å². The Labute approximate surface area is 200 Å². The van der Waals surface area contributed by atoms with Gasteiger partial charge in [-0.3, -0.25) is 14.4 Å². The molecule has 1 fully saturated rings. The zero-order valence-electron chi connectivity index (χ0n) is 19.6. The lowest BCUT2D eigenvalue weighted by Gasteiger charge is -2.43. The van der Waals surface area contributed by atoms with Crippen molar-refractivity contribution in [1.82, 2.24) is 10.2 Å². The fourth-order valence-electron chi connectivity index (χ4n) is 5.54. The number of carbonyl (C=O) groups is 3. The van der Waals surface area contributed by atoms with Crippen LogP contribution in [0.25, 0.3) is 0 Å². The molecule has 0 spiro atoms. The van der Waals surface area contributed by atoms with Gasteiger partial charge in [0.1, 0.15) is 18.0 Å². The van der Waals surface area contributed by atoms with E-state index in [2.05, 4.69) is 5.32 Å². The molecule has 34 heavy (non-hydrogen) atoms. The number of fused-ring (bicyclic) bond motifs is 3. The van der Waals surface area contributed by atoms with Crippen molar-refractivity contribution >= 4 is 17.6 Å². The number of nitrogens with zero attached hydrogens (tertiary/aromatic N) is 1. The monoisotopic (exact) mass is 470 g/mol. The Kier molecular flexibility index (Phi) is 7.68. The van der Waals surface area contributed by atoms with Gasteiger partial charge in [0.05, 0.1) is 18.6 Å². The van der Waals surface area contributed by atoms with E-state index in [1.807, 2.05) is 18.2 Å². The highest BCUT2D eigenvalue weighted by molar-refractivity contribution is 6.36. The summed E-state index contributed by atoms with van der Waals surface area (Å²) in [6, 6.07) is 6.30. The van der Waals surface area contributed by atoms with Gasteiger partial charge in [-0.25, -0.2) is 0 Å². The molecular weight excluding hydrogens is 436 g/mol. The summed E-state index contributed by atoms with van der Waals surface area (Å²) >= 11 is 0. The smallest absolute Gasteiger partial charge is 0.290 e. The molecule has 8 nitrogen and oxygen atoms in total. The number of benzene rings is 1. The molecule has 0 bridgehead atoms. The molecule has 1 saturated carbocycles. The number of nitrogens with one attached hydrogen (secondary N) is 1. The van der Waals surface area contributed by atoms with Crippen LogP contribution in [-0.4, -0.2) is 70.2 Å². The normalized spacial score (nSPS) is 26.4. The second-order valence-corrected chi connectivity index (χ2v) is 9.32. The van der Waals surface area contributed by atoms with Crippen LogP contribution in [0.4, 0.5) is 0 Å². The lowest BCUT2D eigenvalue weighted by molar-refractivity contribution is -0.151. The molecular formula is C26H34N2O6. The molecule has 4 rings (SSSR count). The maximum absolute atomic E-state index is 13.4. The van der Waals surface area contributed by atoms with Crippen LogP contribution in [0.2, 0.25) is 0 Å². The number of aliphatic hydroxyl groups excluding tert-OH is 2. The highest BCUT2D eigenvalue weighted by atomic mass is 16.5. The van der Waals surface area contributed by atoms with Crippen LogP contribution in [0.15, 0.2) is 35.9 Å². The van der Waals surface area contributed by atoms with Gasteiger partial charge in [-0.2, -0.15) is 0 Å². The van der Waals surface area contributed by atoms with E-state index in [-0.39, 0.29) is 31.5 Å². The lowest BCUT2D eigenvalue weighted by Crippen LogP contribution is -2.59. The van der Waals surface area contributed by atoms with E-state index < -0.39 is 35.9 Å². The minimum Gasteiger partial charge on any atom is -0.486 e. The molecule has 1 heterocycles. The van der Waals surface area contributed by atoms with Crippen molar-refractivity contribution in [3.05, 3.63) is 41.5 Å². The first-order chi connectivity index (χ1) is 16.5. The maximum Gasteiger partial charge on any atom is 0.290 e. The predicted molar refractivity (Wildman–Crippen MR) is 125 cm³/mol. The molecule has 1 aromatic rings. The summed E-state index contributed by atoms with van der Waals surface area (Å²) in [4.78, 5) is 40.6. The number of amides is 2. The third-order valence-electron chi connectivity index (χ3n) is 7.21. The van der Waals surface area contributed by atoms with Gasteiger partial charge in [0, 0.05) is 30.1 Å². The van der Waals surface area contributed by atoms with Crippen LogP contribution in [0.1, 0.15) is 63.4 Å². The summed E-state index contributed by atoms with van der Waals surface area (Å²) in [7, 11) is 0. The van der Waals surface area contributed by atoms with Crippen molar-refractivity contribution in [2.75, 3.05) is 13.2 Å². The molecule has 1 aromatic carbocycles. The molecule has 2 aliphatic carbocycles. The summed E-state index contributed by atoms with van der Waals surface area (Å²) in [6.07, 6.45) is 5.38. The largest absolute Gasteiger partial charge is 0.486 e. The molecule has 2 amide bonds. The fourth-order valence-corrected chi connectivity index (χ4v) is 5.54. The molecule has 4 atom stereocenters. The summed E-state index contributed by atoms with van der Waals surface area (Å²) < 4.78 is 6.12. The number of hydrogen-bond acceptors (Lipinski definition) is 6. The third-order valence-corrected chi connectivity index (χ3v) is 7.21. The van der Waals surface area contributed by atoms with Gasteiger partial charge in [0.25, 0.3) is 5.91 Å². The minimum atomic E-state index is -1.11. The predicted octanol–water partition coefficient (Wildman–Crippen LogP) is 1.84. The second kappa shape index (κ2) is 10.7. The Morgan fingerprint density at radius 1 is 1.12 bits per heavy atom. The standard InChI is InChI=1S/C26H34N2O6/c1-2-20(30)26(33)28(16-9-5-3-4-6-10-16)19-15-18(25(32)27-13-14-29)22-17-11-7-8-12-21(17)34-24(22)23(19)31/h7-8,11-12,15-16,19,22-24,29,31H,2-6,9-10,13-14H2,1H3,(H,27,32)/t19-,22+,23+,24+/m1/s1. The average molecular weight is 471 g/mol. The molecule has 0 unspecified atom stereocenters. The quantitative estimate of drug-likeness (QED) is 0.414. The summed E-state index contributed by atoms with van der Waals surface area (Å²) in [5, 5.41) is 23.4. The molecule has 0 aromatic heterocycles. The van der Waals surface area contributed by atoms with Gasteiger partial charge in [-0.15, -0.1) is 0 Å². The van der Waals surface area contributed by atoms with Crippen LogP contribution in [0.5, 0.6) is 5.75 Å². The van der Waals surface area contributed by atoms with E-state index in [1.165, 1.54) is 4.90 Å². The second-order valence-electron chi connectivity index (χ2n) is 9.32. The average Bonchev–Trinajstić information content (AvgIpc) is 3.04. The molecule has 0 radical (unpaired) electrons. The van der Waals surface area contributed by atoms with Gasteiger partial charge < -0.3 is 25.2 Å². The highest BCUT2D eigenvalue weighted by Gasteiger charge is 2.51. The first-order valence-electron chi connectivity index (χ1n) is 12.4. The highest BCUT2D eigenvalue weighted by Crippen LogP contribution is 2.47. The number of carbonyl (C=O) groups excluding carboxylic acids is 3. The number of ketones is 1. The van der Waals surface area contributed by atoms with Gasteiger partial charge >= 0.3 is 0 Å². The van der Waals surface area contributed by atoms with Gasteiger partial charge in [0.15, 0.2) is 0 Å². The van der Waals surface area contributed by atoms with Crippen molar-refractivity contribution in [2.45, 2.75) is 82.1 Å². The molecule has 3 N–H and O–H groups in total. The Morgan fingerprint density at radius 3 is 2.50 bits per heavy atom. The van der Waals surface area contributed by atoms with E-state index >= 15 is 0 Å². The van der Waals surface area contributed by atoms with Crippen molar-refractivity contribution in [3.8, 4) is 5.75 Å². The lowest BCUT2D eigenvalue weighted by atomic mass is 9.77. The molecule has 3 aliphatic rings. The van der Waals surface area contributed by atoms with E-state index in [0.29, 0.717) is 11.3 Å². The number of aliphatic hydroxyl groups is 2. The number of ether oxygens (including phenoxy) is 1. The van der Waals surface area contributed by atoms with Crippen molar-refractivity contribution in [3.63, 3.8) is 0 Å². The van der Waals surface area contributed by atoms with E-state index in [9.17, 15) is 24.6 Å².